The lowest BCUT2D eigenvalue weighted by Crippen LogP contribution is -1.91. The maximum absolute atomic E-state index is 13.3. The molecule has 0 aliphatic heterocycles. The summed E-state index contributed by atoms with van der Waals surface area (Å²) in [7, 11) is 0. The summed E-state index contributed by atoms with van der Waals surface area (Å²) < 4.78 is 52.1. The summed E-state index contributed by atoms with van der Waals surface area (Å²) in [4.78, 5) is 0.447. The van der Waals surface area contributed by atoms with Gasteiger partial charge in [0.05, 0.1) is 5.56 Å². The van der Waals surface area contributed by atoms with E-state index in [4.69, 9.17) is 5.26 Å². The van der Waals surface area contributed by atoms with E-state index in [1.165, 1.54) is 12.1 Å². The molecule has 2 aromatic rings. The molecule has 0 unspecified atom stereocenters. The highest BCUT2D eigenvalue weighted by molar-refractivity contribution is 7.99. The number of rotatable bonds is 2. The summed E-state index contributed by atoms with van der Waals surface area (Å²) in [5.74, 6) is -4.89. The van der Waals surface area contributed by atoms with Crippen molar-refractivity contribution in [1.29, 1.82) is 5.26 Å². The SMILES string of the molecule is N#Cc1ccc(Sc2cc(F)c(F)c(F)c2)cc1F. The molecule has 0 aromatic heterocycles. The highest BCUT2D eigenvalue weighted by Crippen LogP contribution is 2.30. The second-order valence-corrected chi connectivity index (χ2v) is 4.70. The number of nitrogens with zero attached hydrogens (tertiary/aromatic N) is 1. The van der Waals surface area contributed by atoms with Crippen LogP contribution < -0.4 is 0 Å². The van der Waals surface area contributed by atoms with Gasteiger partial charge in [0.25, 0.3) is 0 Å². The zero-order valence-electron chi connectivity index (χ0n) is 9.25. The van der Waals surface area contributed by atoms with Crippen LogP contribution in [0.15, 0.2) is 40.1 Å². The summed E-state index contributed by atoms with van der Waals surface area (Å²) >= 11 is 0.862. The first kappa shape index (κ1) is 13.4. The molecule has 2 aromatic carbocycles. The zero-order chi connectivity index (χ0) is 14.0. The fourth-order valence-corrected chi connectivity index (χ4v) is 2.27. The molecule has 0 aliphatic rings. The lowest BCUT2D eigenvalue weighted by molar-refractivity contribution is 0.443. The van der Waals surface area contributed by atoms with Gasteiger partial charge in [-0.15, -0.1) is 0 Å². The molecule has 0 aliphatic carbocycles. The van der Waals surface area contributed by atoms with Gasteiger partial charge in [0.2, 0.25) is 0 Å². The first-order chi connectivity index (χ1) is 9.01. The molecule has 0 saturated carbocycles. The first-order valence-corrected chi connectivity index (χ1v) is 5.85. The Morgan fingerprint density at radius 2 is 1.42 bits per heavy atom. The molecule has 19 heavy (non-hydrogen) atoms. The van der Waals surface area contributed by atoms with Crippen molar-refractivity contribution in [1.82, 2.24) is 0 Å². The number of hydrogen-bond donors (Lipinski definition) is 0. The van der Waals surface area contributed by atoms with Crippen LogP contribution in [0.2, 0.25) is 0 Å². The van der Waals surface area contributed by atoms with Crippen LogP contribution in [0, 0.1) is 34.6 Å². The molecule has 0 radical (unpaired) electrons. The smallest absolute Gasteiger partial charge is 0.194 e. The second-order valence-electron chi connectivity index (χ2n) is 3.56. The Balaban J connectivity index is 2.32. The monoisotopic (exact) mass is 283 g/mol. The van der Waals surface area contributed by atoms with Crippen molar-refractivity contribution in [3.05, 3.63) is 59.2 Å². The van der Waals surface area contributed by atoms with Crippen molar-refractivity contribution in [2.75, 3.05) is 0 Å². The molecule has 0 saturated heterocycles. The summed E-state index contributed by atoms with van der Waals surface area (Å²) in [6.07, 6.45) is 0. The van der Waals surface area contributed by atoms with E-state index in [-0.39, 0.29) is 10.5 Å². The Hall–Kier alpha value is -2.00. The lowest BCUT2D eigenvalue weighted by atomic mass is 10.2. The van der Waals surface area contributed by atoms with Gasteiger partial charge in [-0.2, -0.15) is 5.26 Å². The van der Waals surface area contributed by atoms with E-state index in [1.54, 1.807) is 6.07 Å². The van der Waals surface area contributed by atoms with E-state index in [9.17, 15) is 17.6 Å². The minimum Gasteiger partial charge on any atom is -0.206 e. The van der Waals surface area contributed by atoms with Crippen LogP contribution in [-0.4, -0.2) is 0 Å². The Kier molecular flexibility index (Phi) is 3.76. The maximum Gasteiger partial charge on any atom is 0.194 e. The predicted octanol–water partition coefficient (Wildman–Crippen LogP) is 4.27. The van der Waals surface area contributed by atoms with E-state index in [1.807, 2.05) is 0 Å². The zero-order valence-corrected chi connectivity index (χ0v) is 10.1. The van der Waals surface area contributed by atoms with Crippen molar-refractivity contribution >= 4 is 11.8 Å². The molecule has 1 nitrogen and oxygen atoms in total. The largest absolute Gasteiger partial charge is 0.206 e. The highest BCUT2D eigenvalue weighted by Gasteiger charge is 2.12. The van der Waals surface area contributed by atoms with Crippen LogP contribution in [0.25, 0.3) is 0 Å². The lowest BCUT2D eigenvalue weighted by Gasteiger charge is -2.04. The molecule has 0 fully saturated rings. The average Bonchev–Trinajstić information content (AvgIpc) is 2.36. The molecule has 96 valence electrons. The van der Waals surface area contributed by atoms with E-state index in [0.29, 0.717) is 4.90 Å². The third-order valence-corrected chi connectivity index (χ3v) is 3.22. The Bertz CT molecular complexity index is 656. The van der Waals surface area contributed by atoms with Gasteiger partial charge >= 0.3 is 0 Å². The molecular weight excluding hydrogens is 278 g/mol. The number of halogens is 4. The van der Waals surface area contributed by atoms with Crippen molar-refractivity contribution in [2.45, 2.75) is 9.79 Å². The van der Waals surface area contributed by atoms with Crippen molar-refractivity contribution in [3.8, 4) is 6.07 Å². The molecule has 0 bridgehead atoms. The van der Waals surface area contributed by atoms with Crippen LogP contribution in [0.3, 0.4) is 0 Å². The van der Waals surface area contributed by atoms with Gasteiger partial charge in [-0.05, 0) is 30.3 Å². The van der Waals surface area contributed by atoms with Crippen LogP contribution in [0.4, 0.5) is 17.6 Å². The Labute approximate surface area is 110 Å². The van der Waals surface area contributed by atoms with Crippen LogP contribution >= 0.6 is 11.8 Å². The molecular formula is C13H5F4NS. The predicted molar refractivity (Wildman–Crippen MR) is 61.6 cm³/mol. The van der Waals surface area contributed by atoms with E-state index in [2.05, 4.69) is 0 Å². The van der Waals surface area contributed by atoms with Crippen LogP contribution in [-0.2, 0) is 0 Å². The van der Waals surface area contributed by atoms with Gasteiger partial charge in [0, 0.05) is 9.79 Å². The van der Waals surface area contributed by atoms with Crippen LogP contribution in [0.1, 0.15) is 5.56 Å². The van der Waals surface area contributed by atoms with E-state index < -0.39 is 23.3 Å². The van der Waals surface area contributed by atoms with Gasteiger partial charge in [0.1, 0.15) is 11.9 Å². The van der Waals surface area contributed by atoms with Crippen molar-refractivity contribution < 1.29 is 17.6 Å². The second kappa shape index (κ2) is 5.33. The average molecular weight is 283 g/mol. The molecule has 0 heterocycles. The van der Waals surface area contributed by atoms with Crippen LogP contribution in [0.5, 0.6) is 0 Å². The molecule has 0 amide bonds. The van der Waals surface area contributed by atoms with Crippen molar-refractivity contribution in [2.24, 2.45) is 0 Å². The summed E-state index contributed by atoms with van der Waals surface area (Å²) in [5.41, 5.74) is -0.124. The third kappa shape index (κ3) is 2.88. The summed E-state index contributed by atoms with van der Waals surface area (Å²) in [5, 5.41) is 8.56. The Morgan fingerprint density at radius 1 is 0.842 bits per heavy atom. The number of hydrogen-bond acceptors (Lipinski definition) is 2. The number of benzene rings is 2. The first-order valence-electron chi connectivity index (χ1n) is 5.03. The molecule has 2 rings (SSSR count). The van der Waals surface area contributed by atoms with Gasteiger partial charge in [0.15, 0.2) is 17.5 Å². The van der Waals surface area contributed by atoms with E-state index in [0.717, 1.165) is 30.0 Å². The van der Waals surface area contributed by atoms with Gasteiger partial charge in [-0.25, -0.2) is 17.6 Å². The molecule has 0 spiro atoms. The topological polar surface area (TPSA) is 23.8 Å². The standard InChI is InChI=1S/C13H5F4NS/c14-10-3-8(2-1-7(10)6-18)19-9-4-11(15)13(17)12(16)5-9/h1-5H. The van der Waals surface area contributed by atoms with Gasteiger partial charge in [-0.1, -0.05) is 11.8 Å². The fourth-order valence-electron chi connectivity index (χ4n) is 1.38. The molecule has 0 atom stereocenters. The van der Waals surface area contributed by atoms with Gasteiger partial charge < -0.3 is 0 Å². The third-order valence-electron chi connectivity index (χ3n) is 2.25. The summed E-state index contributed by atoms with van der Waals surface area (Å²) in [6.45, 7) is 0. The minimum absolute atomic E-state index is 0.0977. The quantitative estimate of drug-likeness (QED) is 0.607. The Morgan fingerprint density at radius 3 is 1.95 bits per heavy atom. The normalized spacial score (nSPS) is 10.3. The minimum atomic E-state index is -1.55. The maximum atomic E-state index is 13.3. The fraction of sp³-hybridized carbons (Fsp3) is 0. The number of nitriles is 1. The highest BCUT2D eigenvalue weighted by atomic mass is 32.2. The summed E-state index contributed by atoms with van der Waals surface area (Å²) in [6, 6.07) is 7.06. The van der Waals surface area contributed by atoms with Crippen molar-refractivity contribution in [3.63, 3.8) is 0 Å². The van der Waals surface area contributed by atoms with E-state index >= 15 is 0 Å². The molecule has 0 N–H and O–H groups in total. The van der Waals surface area contributed by atoms with Gasteiger partial charge in [-0.3, -0.25) is 0 Å². The molecule has 6 heteroatoms.